The first-order valence-corrected chi connectivity index (χ1v) is 16.7. The maximum atomic E-state index is 12.9. The zero-order valence-electron chi connectivity index (χ0n) is 27.4. The number of carbonyl (C=O) groups is 3. The molecule has 0 spiro atoms. The second-order valence-corrected chi connectivity index (χ2v) is 15.1. The number of thiazole rings is 1. The van der Waals surface area contributed by atoms with Gasteiger partial charge in [-0.15, -0.1) is 11.3 Å². The molecule has 0 bridgehead atoms. The number of hydrogen-bond donors (Lipinski definition) is 2. The molecule has 2 saturated carbocycles. The van der Waals surface area contributed by atoms with Crippen LogP contribution >= 0.6 is 11.3 Å². The summed E-state index contributed by atoms with van der Waals surface area (Å²) >= 11 is 1.49. The summed E-state index contributed by atoms with van der Waals surface area (Å²) in [6.45, 7) is 9.59. The first kappa shape index (κ1) is 33.1. The van der Waals surface area contributed by atoms with E-state index in [0.29, 0.717) is 41.0 Å². The molecule has 2 N–H and O–H groups in total. The van der Waals surface area contributed by atoms with Gasteiger partial charge in [-0.3, -0.25) is 10.1 Å². The third kappa shape index (κ3) is 7.09. The lowest BCUT2D eigenvalue weighted by molar-refractivity contribution is -0.162. The Morgan fingerprint density at radius 1 is 1.20 bits per heavy atom. The van der Waals surface area contributed by atoms with Crippen LogP contribution in [0.25, 0.3) is 0 Å². The highest BCUT2D eigenvalue weighted by molar-refractivity contribution is 7.15. The zero-order valence-corrected chi connectivity index (χ0v) is 28.2. The number of nitrogens with one attached hydrogen (secondary N) is 2. The van der Waals surface area contributed by atoms with Crippen molar-refractivity contribution in [2.24, 2.45) is 28.3 Å². The van der Waals surface area contributed by atoms with Crippen molar-refractivity contribution in [1.29, 1.82) is 0 Å². The number of anilines is 1. The van der Waals surface area contributed by atoms with Crippen molar-refractivity contribution in [3.63, 3.8) is 0 Å². The number of ether oxygens (including phenoxy) is 2. The van der Waals surface area contributed by atoms with Crippen LogP contribution in [-0.4, -0.2) is 54.3 Å². The lowest BCUT2D eigenvalue weighted by atomic mass is 9.54. The fourth-order valence-corrected chi connectivity index (χ4v) is 8.68. The Bertz CT molecular complexity index is 1460. The van der Waals surface area contributed by atoms with E-state index in [1.165, 1.54) is 29.5 Å². The average molecular weight is 639 g/mol. The Kier molecular flexibility index (Phi) is 9.70. The SMILES string of the molecule is CNC(C(=O)Oc1ccc2c(c1)CCC1C2CC[C@]2(C)/C(=N/OC)C[C@@H](CCC(=O)Nc3ncc(C)s3)C12)C(=O)OC(C)(C)C. The molecule has 5 rings (SSSR count). The molecule has 3 aliphatic rings. The Morgan fingerprint density at radius 3 is 2.64 bits per heavy atom. The summed E-state index contributed by atoms with van der Waals surface area (Å²) < 4.78 is 11.1. The Balaban J connectivity index is 1.31. The molecule has 6 atom stereocenters. The van der Waals surface area contributed by atoms with Gasteiger partial charge >= 0.3 is 11.9 Å². The van der Waals surface area contributed by atoms with Gasteiger partial charge in [-0.25, -0.2) is 14.6 Å². The molecule has 10 nitrogen and oxygen atoms in total. The minimum absolute atomic E-state index is 0.00112. The van der Waals surface area contributed by atoms with E-state index in [0.717, 1.165) is 49.1 Å². The molecular weight excluding hydrogens is 592 g/mol. The first-order chi connectivity index (χ1) is 21.3. The fraction of sp³-hybridized carbons (Fsp3) is 0.618. The summed E-state index contributed by atoms with van der Waals surface area (Å²) in [5.74, 6) is 0.602. The van der Waals surface area contributed by atoms with E-state index in [-0.39, 0.29) is 11.3 Å². The molecule has 4 unspecified atom stereocenters. The van der Waals surface area contributed by atoms with Crippen LogP contribution in [0.5, 0.6) is 5.75 Å². The van der Waals surface area contributed by atoms with Crippen LogP contribution in [0.4, 0.5) is 5.13 Å². The number of carbonyl (C=O) groups excluding carboxylic acids is 3. The molecular formula is C34H46N4O6S. The lowest BCUT2D eigenvalue weighted by Crippen LogP contribution is -2.47. The highest BCUT2D eigenvalue weighted by atomic mass is 32.1. The summed E-state index contributed by atoms with van der Waals surface area (Å²) in [5, 5.41) is 10.9. The van der Waals surface area contributed by atoms with Crippen LogP contribution in [0.15, 0.2) is 29.6 Å². The summed E-state index contributed by atoms with van der Waals surface area (Å²) in [6.07, 6.45) is 7.74. The Hall–Kier alpha value is -3.31. The number of aromatic nitrogens is 1. The van der Waals surface area contributed by atoms with Gasteiger partial charge in [0.15, 0.2) is 5.13 Å². The van der Waals surface area contributed by atoms with E-state index >= 15 is 0 Å². The van der Waals surface area contributed by atoms with Gasteiger partial charge in [-0.1, -0.05) is 18.1 Å². The van der Waals surface area contributed by atoms with Crippen molar-refractivity contribution in [2.75, 3.05) is 19.5 Å². The highest BCUT2D eigenvalue weighted by Crippen LogP contribution is 2.62. The number of hydrogen-bond acceptors (Lipinski definition) is 10. The van der Waals surface area contributed by atoms with E-state index in [9.17, 15) is 14.4 Å². The van der Waals surface area contributed by atoms with E-state index in [2.05, 4.69) is 33.8 Å². The van der Waals surface area contributed by atoms with Gasteiger partial charge in [0.05, 0.1) is 5.71 Å². The maximum absolute atomic E-state index is 12.9. The molecule has 0 radical (unpaired) electrons. The van der Waals surface area contributed by atoms with Crippen molar-refractivity contribution < 1.29 is 28.7 Å². The van der Waals surface area contributed by atoms with Crippen LogP contribution in [0.1, 0.15) is 88.1 Å². The highest BCUT2D eigenvalue weighted by Gasteiger charge is 2.57. The van der Waals surface area contributed by atoms with Crippen molar-refractivity contribution in [3.8, 4) is 5.75 Å². The van der Waals surface area contributed by atoms with Gasteiger partial charge in [0.25, 0.3) is 0 Å². The van der Waals surface area contributed by atoms with Crippen molar-refractivity contribution in [1.82, 2.24) is 10.3 Å². The first-order valence-electron chi connectivity index (χ1n) is 15.9. The molecule has 244 valence electrons. The molecule has 1 aromatic carbocycles. The quantitative estimate of drug-likeness (QED) is 0.153. The lowest BCUT2D eigenvalue weighted by Gasteiger charge is -2.50. The number of nitrogens with zero attached hydrogens (tertiary/aromatic N) is 2. The van der Waals surface area contributed by atoms with Gasteiger partial charge in [0, 0.05) is 22.9 Å². The molecule has 2 aromatic rings. The molecule has 0 saturated heterocycles. The largest absolute Gasteiger partial charge is 0.458 e. The number of esters is 2. The molecule has 11 heteroatoms. The minimum Gasteiger partial charge on any atom is -0.458 e. The van der Waals surface area contributed by atoms with E-state index in [1.807, 2.05) is 19.1 Å². The number of benzene rings is 1. The van der Waals surface area contributed by atoms with Gasteiger partial charge in [-0.05, 0) is 120 Å². The summed E-state index contributed by atoms with van der Waals surface area (Å²) in [6, 6.07) is 4.67. The summed E-state index contributed by atoms with van der Waals surface area (Å²) in [4.78, 5) is 49.0. The molecule has 0 aliphatic heterocycles. The van der Waals surface area contributed by atoms with E-state index in [1.54, 1.807) is 34.1 Å². The fourth-order valence-electron chi connectivity index (χ4n) is 8.00. The minimum atomic E-state index is -1.21. The van der Waals surface area contributed by atoms with Crippen molar-refractivity contribution in [2.45, 2.75) is 97.1 Å². The average Bonchev–Trinajstić information content (AvgIpc) is 3.50. The Labute approximate surface area is 269 Å². The van der Waals surface area contributed by atoms with Gasteiger partial charge in [0.2, 0.25) is 11.9 Å². The molecule has 1 heterocycles. The topological polar surface area (TPSA) is 128 Å². The Morgan fingerprint density at radius 2 is 1.98 bits per heavy atom. The van der Waals surface area contributed by atoms with Crippen LogP contribution in [-0.2, 0) is 30.4 Å². The van der Waals surface area contributed by atoms with Gasteiger partial charge in [-0.2, -0.15) is 0 Å². The third-order valence-corrected chi connectivity index (χ3v) is 10.6. The second kappa shape index (κ2) is 13.2. The van der Waals surface area contributed by atoms with Gasteiger partial charge < -0.3 is 19.6 Å². The van der Waals surface area contributed by atoms with Crippen LogP contribution in [0, 0.1) is 30.1 Å². The predicted molar refractivity (Wildman–Crippen MR) is 173 cm³/mol. The molecule has 1 amide bonds. The number of likely N-dealkylation sites (N-methyl/N-ethyl adjacent to an activating group) is 1. The van der Waals surface area contributed by atoms with Crippen molar-refractivity contribution in [3.05, 3.63) is 40.4 Å². The number of oxime groups is 1. The normalized spacial score (nSPS) is 27.1. The number of fused-ring (bicyclic) bond motifs is 5. The predicted octanol–water partition coefficient (Wildman–Crippen LogP) is 5.79. The zero-order chi connectivity index (χ0) is 32.5. The monoisotopic (exact) mass is 638 g/mol. The summed E-state index contributed by atoms with van der Waals surface area (Å²) in [7, 11) is 3.15. The smallest absolute Gasteiger partial charge is 0.340 e. The molecule has 1 aromatic heterocycles. The third-order valence-electron chi connectivity index (χ3n) is 9.77. The van der Waals surface area contributed by atoms with Crippen molar-refractivity contribution >= 4 is 40.0 Å². The molecule has 45 heavy (non-hydrogen) atoms. The summed E-state index contributed by atoms with van der Waals surface area (Å²) in [5.41, 5.74) is 2.82. The van der Waals surface area contributed by atoms with Crippen LogP contribution < -0.4 is 15.4 Å². The standard InChI is InChI=1S/C34H46N4O6S/c1-19-18-36-32(45-19)37-27(39)13-9-21-17-26(38-42-7)34(5)15-14-24-23-12-10-22(16-20(23)8-11-25(24)28(21)34)43-30(40)29(35-6)31(41)44-33(2,3)4/h10,12,16,18,21,24-25,28-29,35H,8-9,11,13-15,17H2,1-7H3,(H,36,37,39)/b38-26+/t21-,24?,25?,28?,29?,34-/m1/s1. The molecule has 2 fully saturated rings. The second-order valence-electron chi connectivity index (χ2n) is 13.9. The van der Waals surface area contributed by atoms with Crippen LogP contribution in [0.2, 0.25) is 0 Å². The number of aryl methyl sites for hydroxylation is 2. The van der Waals surface area contributed by atoms with Gasteiger partial charge in [0.1, 0.15) is 18.5 Å². The maximum Gasteiger partial charge on any atom is 0.340 e. The van der Waals surface area contributed by atoms with Crippen LogP contribution in [0.3, 0.4) is 0 Å². The molecule has 3 aliphatic carbocycles. The number of rotatable bonds is 9. The number of amides is 1. The van der Waals surface area contributed by atoms with E-state index < -0.39 is 23.6 Å². The van der Waals surface area contributed by atoms with E-state index in [4.69, 9.17) is 14.3 Å².